The Morgan fingerprint density at radius 1 is 0.478 bits per heavy atom. The van der Waals surface area contributed by atoms with E-state index in [1.54, 1.807) is 0 Å². The molecule has 0 rings (SSSR count). The number of rotatable bonds is 15. The maximum Gasteiger partial charge on any atom is 0.0110 e. The van der Waals surface area contributed by atoms with Gasteiger partial charge in [0.05, 0.1) is 0 Å². The third-order valence-corrected chi connectivity index (χ3v) is 3.93. The van der Waals surface area contributed by atoms with Gasteiger partial charge in [0.1, 0.15) is 0 Å². The predicted octanol–water partition coefficient (Wildman–Crippen LogP) is -0.505. The van der Waals surface area contributed by atoms with E-state index in [4.69, 9.17) is 0 Å². The van der Waals surface area contributed by atoms with Crippen LogP contribution in [0.1, 0.15) is 0 Å². The van der Waals surface area contributed by atoms with Crippen molar-refractivity contribution in [3.63, 3.8) is 0 Å². The van der Waals surface area contributed by atoms with E-state index in [0.29, 0.717) is 0 Å². The molecule has 0 amide bonds. The quantitative estimate of drug-likeness (QED) is 0.407. The van der Waals surface area contributed by atoms with Crippen LogP contribution in [0.5, 0.6) is 0 Å². The zero-order valence-electron chi connectivity index (χ0n) is 16.8. The Morgan fingerprint density at radius 2 is 0.913 bits per heavy atom. The molecule has 0 aliphatic carbocycles. The van der Waals surface area contributed by atoms with Crippen LogP contribution in [0.15, 0.2) is 0 Å². The summed E-state index contributed by atoms with van der Waals surface area (Å²) in [5.74, 6) is 0. The molecule has 0 spiro atoms. The van der Waals surface area contributed by atoms with Crippen molar-refractivity contribution in [2.24, 2.45) is 0 Å². The van der Waals surface area contributed by atoms with E-state index >= 15 is 0 Å². The van der Waals surface area contributed by atoms with Crippen molar-refractivity contribution in [1.29, 1.82) is 0 Å². The minimum atomic E-state index is 1.07. The minimum Gasteiger partial charge on any atom is -0.314 e. The fraction of sp³-hybridized carbons (Fsp3) is 1.00. The van der Waals surface area contributed by atoms with Crippen LogP contribution in [0.25, 0.3) is 0 Å². The van der Waals surface area contributed by atoms with Gasteiger partial charge in [0, 0.05) is 65.4 Å². The molecule has 0 saturated carbocycles. The molecule has 0 aliphatic rings. The van der Waals surface area contributed by atoms with Gasteiger partial charge in [0.25, 0.3) is 0 Å². The Balaban J connectivity index is 3.98. The second-order valence-electron chi connectivity index (χ2n) is 7.30. The Morgan fingerprint density at radius 3 is 1.48 bits per heavy atom. The molecule has 6 heteroatoms. The van der Waals surface area contributed by atoms with Gasteiger partial charge in [0.15, 0.2) is 0 Å². The highest BCUT2D eigenvalue weighted by atomic mass is 15.2. The molecule has 0 radical (unpaired) electrons. The molecule has 23 heavy (non-hydrogen) atoms. The SMILES string of the molecule is CN(C)CCNCCN(CCN(C)C)CCN(C)CCN(C)C. The first kappa shape index (κ1) is 22.8. The van der Waals surface area contributed by atoms with E-state index in [1.165, 1.54) is 0 Å². The topological polar surface area (TPSA) is 28.2 Å². The molecular formula is C17H42N6. The monoisotopic (exact) mass is 330 g/mol. The Labute approximate surface area is 145 Å². The third-order valence-electron chi connectivity index (χ3n) is 3.93. The van der Waals surface area contributed by atoms with Crippen LogP contribution in [0.3, 0.4) is 0 Å². The third kappa shape index (κ3) is 16.4. The molecule has 0 unspecified atom stereocenters. The zero-order valence-corrected chi connectivity index (χ0v) is 16.8. The number of likely N-dealkylation sites (N-methyl/N-ethyl adjacent to an activating group) is 4. The van der Waals surface area contributed by atoms with Gasteiger partial charge < -0.3 is 24.9 Å². The van der Waals surface area contributed by atoms with E-state index in [0.717, 1.165) is 65.4 Å². The number of hydrogen-bond acceptors (Lipinski definition) is 6. The van der Waals surface area contributed by atoms with Gasteiger partial charge >= 0.3 is 0 Å². The normalized spacial score (nSPS) is 12.5. The van der Waals surface area contributed by atoms with Gasteiger partial charge in [0.2, 0.25) is 0 Å². The summed E-state index contributed by atoms with van der Waals surface area (Å²) in [6.45, 7) is 11.2. The average molecular weight is 331 g/mol. The molecule has 1 N–H and O–H groups in total. The van der Waals surface area contributed by atoms with Crippen molar-refractivity contribution in [3.8, 4) is 0 Å². The fourth-order valence-corrected chi connectivity index (χ4v) is 2.14. The fourth-order valence-electron chi connectivity index (χ4n) is 2.14. The Kier molecular flexibility index (Phi) is 14.0. The predicted molar refractivity (Wildman–Crippen MR) is 102 cm³/mol. The maximum absolute atomic E-state index is 3.55. The van der Waals surface area contributed by atoms with Crippen LogP contribution in [0.4, 0.5) is 0 Å². The summed E-state index contributed by atoms with van der Waals surface area (Å²) < 4.78 is 0. The second-order valence-corrected chi connectivity index (χ2v) is 7.30. The van der Waals surface area contributed by atoms with Gasteiger partial charge in [-0.15, -0.1) is 0 Å². The van der Waals surface area contributed by atoms with Gasteiger partial charge in [-0.2, -0.15) is 0 Å². The molecule has 0 aromatic rings. The number of nitrogens with zero attached hydrogens (tertiary/aromatic N) is 5. The molecule has 6 nitrogen and oxygen atoms in total. The van der Waals surface area contributed by atoms with Crippen LogP contribution in [-0.4, -0.2) is 139 Å². The Hall–Kier alpha value is -0.240. The summed E-state index contributed by atoms with van der Waals surface area (Å²) in [6, 6.07) is 0. The maximum atomic E-state index is 3.55. The van der Waals surface area contributed by atoms with Crippen LogP contribution in [-0.2, 0) is 0 Å². The minimum absolute atomic E-state index is 1.07. The molecular weight excluding hydrogens is 288 g/mol. The molecule has 0 bridgehead atoms. The largest absolute Gasteiger partial charge is 0.314 e. The van der Waals surface area contributed by atoms with Crippen molar-refractivity contribution in [2.45, 2.75) is 0 Å². The van der Waals surface area contributed by atoms with Crippen molar-refractivity contribution in [1.82, 2.24) is 29.8 Å². The summed E-state index contributed by atoms with van der Waals surface area (Å²) in [4.78, 5) is 11.7. The van der Waals surface area contributed by atoms with E-state index in [-0.39, 0.29) is 0 Å². The lowest BCUT2D eigenvalue weighted by Gasteiger charge is -2.27. The van der Waals surface area contributed by atoms with Gasteiger partial charge in [-0.3, -0.25) is 4.90 Å². The Bertz CT molecular complexity index is 257. The first-order chi connectivity index (χ1) is 10.8. The van der Waals surface area contributed by atoms with E-state index in [1.807, 2.05) is 0 Å². The van der Waals surface area contributed by atoms with Crippen molar-refractivity contribution in [2.75, 3.05) is 115 Å². The summed E-state index contributed by atoms with van der Waals surface area (Å²) in [5, 5.41) is 3.55. The van der Waals surface area contributed by atoms with Gasteiger partial charge in [-0.25, -0.2) is 0 Å². The number of nitrogens with one attached hydrogen (secondary N) is 1. The lowest BCUT2D eigenvalue weighted by Crippen LogP contribution is -2.42. The van der Waals surface area contributed by atoms with Gasteiger partial charge in [-0.1, -0.05) is 0 Å². The van der Waals surface area contributed by atoms with Crippen molar-refractivity contribution >= 4 is 0 Å². The molecule has 140 valence electrons. The van der Waals surface area contributed by atoms with Crippen LogP contribution in [0.2, 0.25) is 0 Å². The first-order valence-corrected chi connectivity index (χ1v) is 8.87. The summed E-state index contributed by atoms with van der Waals surface area (Å²) >= 11 is 0. The lowest BCUT2D eigenvalue weighted by molar-refractivity contribution is 0.200. The summed E-state index contributed by atoms with van der Waals surface area (Å²) in [5.41, 5.74) is 0. The summed E-state index contributed by atoms with van der Waals surface area (Å²) in [7, 11) is 15.0. The van der Waals surface area contributed by atoms with E-state index in [2.05, 4.69) is 79.2 Å². The molecule has 0 fully saturated rings. The van der Waals surface area contributed by atoms with E-state index < -0.39 is 0 Å². The molecule has 0 saturated heterocycles. The number of hydrogen-bond donors (Lipinski definition) is 1. The van der Waals surface area contributed by atoms with Crippen LogP contribution < -0.4 is 5.32 Å². The van der Waals surface area contributed by atoms with Gasteiger partial charge in [-0.05, 0) is 49.3 Å². The molecule has 0 atom stereocenters. The zero-order chi connectivity index (χ0) is 17.7. The van der Waals surface area contributed by atoms with Crippen molar-refractivity contribution < 1.29 is 0 Å². The molecule has 0 heterocycles. The standard InChI is InChI=1S/C17H42N6/c1-19(2)10-8-18-9-11-23(16-13-21(5)6)17-15-22(7)14-12-20(3)4/h18H,8-17H2,1-7H3. The highest BCUT2D eigenvalue weighted by Crippen LogP contribution is 1.92. The molecule has 0 aromatic carbocycles. The average Bonchev–Trinajstić information content (AvgIpc) is 2.46. The second kappa shape index (κ2) is 14.1. The van der Waals surface area contributed by atoms with Crippen LogP contribution in [0, 0.1) is 0 Å². The van der Waals surface area contributed by atoms with Crippen molar-refractivity contribution in [3.05, 3.63) is 0 Å². The van der Waals surface area contributed by atoms with Crippen LogP contribution >= 0.6 is 0 Å². The lowest BCUT2D eigenvalue weighted by atomic mass is 10.4. The first-order valence-electron chi connectivity index (χ1n) is 8.87. The van der Waals surface area contributed by atoms with E-state index in [9.17, 15) is 0 Å². The smallest absolute Gasteiger partial charge is 0.0110 e. The molecule has 0 aliphatic heterocycles. The highest BCUT2D eigenvalue weighted by Gasteiger charge is 2.07. The molecule has 0 aromatic heterocycles. The summed E-state index contributed by atoms with van der Waals surface area (Å²) in [6.07, 6.45) is 0. The highest BCUT2D eigenvalue weighted by molar-refractivity contribution is 4.65.